The molecule has 28 heavy (non-hydrogen) atoms. The van der Waals surface area contributed by atoms with Crippen molar-refractivity contribution in [3.05, 3.63) is 45.3 Å². The molecule has 2 N–H and O–H groups in total. The van der Waals surface area contributed by atoms with Crippen LogP contribution in [0.5, 0.6) is 0 Å². The fourth-order valence-electron chi connectivity index (χ4n) is 2.92. The van der Waals surface area contributed by atoms with Crippen molar-refractivity contribution in [1.29, 1.82) is 0 Å². The molecule has 3 rings (SSSR count). The number of nitrogens with one attached hydrogen (secondary N) is 2. The highest BCUT2D eigenvalue weighted by atomic mass is 35.5. The maximum Gasteiger partial charge on any atom is 0.228 e. The Hall–Kier alpha value is -2.03. The van der Waals surface area contributed by atoms with Gasteiger partial charge < -0.3 is 15.4 Å². The molecule has 0 radical (unpaired) electrons. The van der Waals surface area contributed by atoms with Crippen molar-refractivity contribution >= 4 is 39.8 Å². The quantitative estimate of drug-likeness (QED) is 0.636. The molecule has 0 aliphatic heterocycles. The Bertz CT molecular complexity index is 869. The van der Waals surface area contributed by atoms with Crippen molar-refractivity contribution in [2.24, 2.45) is 11.8 Å². The van der Waals surface area contributed by atoms with Crippen molar-refractivity contribution in [3.63, 3.8) is 0 Å². The predicted octanol–water partition coefficient (Wildman–Crippen LogP) is 3.17. The first-order chi connectivity index (χ1) is 13.4. The summed E-state index contributed by atoms with van der Waals surface area (Å²) >= 11 is 7.23. The number of amides is 2. The fourth-order valence-corrected chi connectivity index (χ4v) is 4.16. The molecule has 0 saturated heterocycles. The molecule has 6 nitrogen and oxygen atoms in total. The van der Waals surface area contributed by atoms with Gasteiger partial charge in [0.05, 0.1) is 29.1 Å². The number of aromatic nitrogens is 1. The van der Waals surface area contributed by atoms with E-state index in [1.807, 2.05) is 0 Å². The van der Waals surface area contributed by atoms with Gasteiger partial charge in [-0.15, -0.1) is 11.3 Å². The predicted molar refractivity (Wildman–Crippen MR) is 106 cm³/mol. The van der Waals surface area contributed by atoms with E-state index in [1.165, 1.54) is 23.5 Å². The fraction of sp³-hybridized carbons (Fsp3) is 0.421. The number of halogens is 2. The number of thiazole rings is 1. The van der Waals surface area contributed by atoms with Crippen molar-refractivity contribution in [2.75, 3.05) is 25.6 Å². The van der Waals surface area contributed by atoms with Gasteiger partial charge in [0.25, 0.3) is 0 Å². The molecule has 1 heterocycles. The summed E-state index contributed by atoms with van der Waals surface area (Å²) in [5, 5.41) is 7.35. The zero-order chi connectivity index (χ0) is 20.3. The minimum atomic E-state index is -0.396. The van der Waals surface area contributed by atoms with E-state index in [2.05, 4.69) is 15.6 Å². The molecule has 1 aromatic heterocycles. The third kappa shape index (κ3) is 5.27. The SMILES string of the molecule is COCCNC(=O)C1CC1C(=O)Nc1sc(Cc2cc(F)cc(Cl)c2)nc1C. The van der Waals surface area contributed by atoms with Crippen LogP contribution in [-0.4, -0.2) is 37.1 Å². The van der Waals surface area contributed by atoms with Crippen molar-refractivity contribution in [1.82, 2.24) is 10.3 Å². The summed E-state index contributed by atoms with van der Waals surface area (Å²) in [4.78, 5) is 28.9. The standard InChI is InChI=1S/C19H21ClFN3O3S/c1-10-19(24-18(26)15-9-14(15)17(25)22-3-4-27-2)28-16(23-10)7-11-5-12(20)8-13(21)6-11/h5-6,8,14-15H,3-4,7,9H2,1-2H3,(H,22,25)(H,24,26). The van der Waals surface area contributed by atoms with E-state index in [4.69, 9.17) is 16.3 Å². The highest BCUT2D eigenvalue weighted by Crippen LogP contribution is 2.40. The zero-order valence-corrected chi connectivity index (χ0v) is 17.1. The van der Waals surface area contributed by atoms with Crippen molar-refractivity contribution < 1.29 is 18.7 Å². The molecule has 2 unspecified atom stereocenters. The largest absolute Gasteiger partial charge is 0.383 e. The number of nitrogens with zero attached hydrogens (tertiary/aromatic N) is 1. The number of anilines is 1. The van der Waals surface area contributed by atoms with Gasteiger partial charge in [-0.3, -0.25) is 9.59 Å². The van der Waals surface area contributed by atoms with Gasteiger partial charge in [0.1, 0.15) is 10.8 Å². The van der Waals surface area contributed by atoms with E-state index in [1.54, 1.807) is 20.1 Å². The number of hydrogen-bond donors (Lipinski definition) is 2. The maximum atomic E-state index is 13.5. The average Bonchev–Trinajstić information content (AvgIpc) is 3.34. The molecule has 150 valence electrons. The van der Waals surface area contributed by atoms with Crippen molar-refractivity contribution in [2.45, 2.75) is 19.8 Å². The summed E-state index contributed by atoms with van der Waals surface area (Å²) < 4.78 is 18.4. The van der Waals surface area contributed by atoms with Crippen molar-refractivity contribution in [3.8, 4) is 0 Å². The molecule has 0 spiro atoms. The molecular formula is C19H21ClFN3O3S. The van der Waals surface area contributed by atoms with Crippen LogP contribution in [0.1, 0.15) is 22.7 Å². The second-order valence-corrected chi connectivity index (χ2v) is 8.22. The summed E-state index contributed by atoms with van der Waals surface area (Å²) in [7, 11) is 1.56. The highest BCUT2D eigenvalue weighted by Gasteiger charge is 2.48. The maximum absolute atomic E-state index is 13.5. The van der Waals surface area contributed by atoms with Crippen LogP contribution in [0.3, 0.4) is 0 Å². The summed E-state index contributed by atoms with van der Waals surface area (Å²) in [6.07, 6.45) is 0.962. The Morgan fingerprint density at radius 3 is 2.79 bits per heavy atom. The second-order valence-electron chi connectivity index (χ2n) is 6.70. The van der Waals surface area contributed by atoms with E-state index >= 15 is 0 Å². The lowest BCUT2D eigenvalue weighted by Crippen LogP contribution is -2.30. The molecule has 9 heteroatoms. The zero-order valence-electron chi connectivity index (χ0n) is 15.6. The Labute approximate surface area is 171 Å². The monoisotopic (exact) mass is 425 g/mol. The van der Waals surface area contributed by atoms with E-state index < -0.39 is 5.82 Å². The molecule has 1 saturated carbocycles. The minimum Gasteiger partial charge on any atom is -0.383 e. The molecule has 1 aliphatic rings. The molecule has 1 fully saturated rings. The van der Waals surface area contributed by atoms with E-state index in [9.17, 15) is 14.0 Å². The van der Waals surface area contributed by atoms with Gasteiger partial charge in [-0.25, -0.2) is 9.37 Å². The minimum absolute atomic E-state index is 0.123. The van der Waals surface area contributed by atoms with Gasteiger partial charge in [-0.2, -0.15) is 0 Å². The van der Waals surface area contributed by atoms with Crippen LogP contribution in [0.25, 0.3) is 0 Å². The van der Waals surface area contributed by atoms with Crippen LogP contribution < -0.4 is 10.6 Å². The number of carbonyl (C=O) groups excluding carboxylic acids is 2. The van der Waals surface area contributed by atoms with E-state index in [0.29, 0.717) is 47.3 Å². The number of carbonyl (C=O) groups is 2. The van der Waals surface area contributed by atoms with Gasteiger partial charge in [-0.05, 0) is 37.1 Å². The molecule has 0 bridgehead atoms. The Kier molecular flexibility index (Phi) is 6.64. The summed E-state index contributed by atoms with van der Waals surface area (Å²) in [6.45, 7) is 2.67. The second kappa shape index (κ2) is 8.98. The van der Waals surface area contributed by atoms with Gasteiger partial charge in [0.2, 0.25) is 11.8 Å². The Balaban J connectivity index is 1.57. The van der Waals surface area contributed by atoms with Gasteiger partial charge in [0.15, 0.2) is 0 Å². The lowest BCUT2D eigenvalue weighted by Gasteiger charge is -2.04. The normalized spacial score (nSPS) is 18.0. The molecular weight excluding hydrogens is 405 g/mol. The lowest BCUT2D eigenvalue weighted by atomic mass is 10.1. The smallest absolute Gasteiger partial charge is 0.228 e. The Morgan fingerprint density at radius 1 is 1.32 bits per heavy atom. The van der Waals surface area contributed by atoms with Crippen LogP contribution in [0.4, 0.5) is 9.39 Å². The molecule has 1 aromatic carbocycles. The third-order valence-electron chi connectivity index (χ3n) is 4.42. The third-order valence-corrected chi connectivity index (χ3v) is 5.72. The van der Waals surface area contributed by atoms with Gasteiger partial charge >= 0.3 is 0 Å². The number of rotatable bonds is 8. The number of hydrogen-bond acceptors (Lipinski definition) is 5. The number of benzene rings is 1. The number of ether oxygens (including phenoxy) is 1. The van der Waals surface area contributed by atoms with E-state index in [0.717, 1.165) is 5.01 Å². The summed E-state index contributed by atoms with van der Waals surface area (Å²) in [5.41, 5.74) is 1.41. The number of aryl methyl sites for hydroxylation is 1. The van der Waals surface area contributed by atoms with Crippen LogP contribution in [0.15, 0.2) is 18.2 Å². The van der Waals surface area contributed by atoms with E-state index in [-0.39, 0.29) is 23.7 Å². The number of methoxy groups -OCH3 is 1. The van der Waals surface area contributed by atoms with Crippen LogP contribution >= 0.6 is 22.9 Å². The topological polar surface area (TPSA) is 80.3 Å². The molecule has 2 atom stereocenters. The first-order valence-electron chi connectivity index (χ1n) is 8.86. The summed E-state index contributed by atoms with van der Waals surface area (Å²) in [6, 6.07) is 4.36. The van der Waals surface area contributed by atoms with Crippen LogP contribution in [-0.2, 0) is 20.7 Å². The van der Waals surface area contributed by atoms with Gasteiger partial charge in [-0.1, -0.05) is 11.6 Å². The highest BCUT2D eigenvalue weighted by molar-refractivity contribution is 7.16. The van der Waals surface area contributed by atoms with Crippen LogP contribution in [0.2, 0.25) is 5.02 Å². The summed E-state index contributed by atoms with van der Waals surface area (Å²) in [5.74, 6) is -1.32. The average molecular weight is 426 g/mol. The van der Waals surface area contributed by atoms with Gasteiger partial charge in [0, 0.05) is 25.1 Å². The molecule has 1 aliphatic carbocycles. The Morgan fingerprint density at radius 2 is 2.07 bits per heavy atom. The first-order valence-corrected chi connectivity index (χ1v) is 10.1. The molecule has 2 amide bonds. The first kappa shape index (κ1) is 20.7. The molecule has 2 aromatic rings. The van der Waals surface area contributed by atoms with Crippen LogP contribution in [0, 0.1) is 24.6 Å². The lowest BCUT2D eigenvalue weighted by molar-refractivity contribution is -0.125.